The van der Waals surface area contributed by atoms with E-state index in [-0.39, 0.29) is 0 Å². The van der Waals surface area contributed by atoms with Crippen molar-refractivity contribution < 1.29 is 14.2 Å². The maximum Gasteiger partial charge on any atom is 0.225 e. The van der Waals surface area contributed by atoms with Gasteiger partial charge in [0.15, 0.2) is 17.3 Å². The van der Waals surface area contributed by atoms with Gasteiger partial charge in [-0.25, -0.2) is 9.97 Å². The van der Waals surface area contributed by atoms with Crippen molar-refractivity contribution >= 4 is 34.4 Å². The molecule has 0 fully saturated rings. The van der Waals surface area contributed by atoms with Crippen molar-refractivity contribution in [1.82, 2.24) is 15.0 Å². The lowest BCUT2D eigenvalue weighted by atomic mass is 10.1. The molecule has 2 aromatic carbocycles. The second-order valence-electron chi connectivity index (χ2n) is 9.60. The van der Waals surface area contributed by atoms with Gasteiger partial charge in [-0.1, -0.05) is 31.5 Å². The molecule has 9 heteroatoms. The highest BCUT2D eigenvalue weighted by Gasteiger charge is 2.17. The fraction of sp³-hybridized carbons (Fsp3) is 0.387. The molecule has 0 bridgehead atoms. The number of hydrogen-bond donors (Lipinski definition) is 1. The normalized spacial score (nSPS) is 11.0. The number of benzene rings is 2. The zero-order chi connectivity index (χ0) is 28.6. The summed E-state index contributed by atoms with van der Waals surface area (Å²) >= 11 is 6.27. The summed E-state index contributed by atoms with van der Waals surface area (Å²) in [7, 11) is 4.84. The zero-order valence-electron chi connectivity index (χ0n) is 24.2. The number of fused-ring (bicyclic) bond motifs is 1. The summed E-state index contributed by atoms with van der Waals surface area (Å²) in [6.07, 6.45) is 2.73. The number of nitrogens with one attached hydrogen (secondary N) is 1. The van der Waals surface area contributed by atoms with E-state index < -0.39 is 0 Å². The van der Waals surface area contributed by atoms with Gasteiger partial charge < -0.3 is 24.4 Å². The van der Waals surface area contributed by atoms with Crippen molar-refractivity contribution in [3.63, 3.8) is 0 Å². The van der Waals surface area contributed by atoms with Gasteiger partial charge >= 0.3 is 0 Å². The third-order valence-electron chi connectivity index (χ3n) is 6.69. The van der Waals surface area contributed by atoms with E-state index >= 15 is 0 Å². The standard InChI is InChI=1S/C31H38ClN5O3/c1-7-15-37(16-8-2)30-28-25(12-11-24(34-28)22-9-10-23(32)20(3)17-22)35-31(36-30)33-14-13-21-18-26(38-4)29(40-6)27(19-21)39-5/h9-12,17-19H,7-8,13-16H2,1-6H3,(H,33,35,36). The third kappa shape index (κ3) is 6.50. The number of hydrogen-bond acceptors (Lipinski definition) is 8. The molecular formula is C31H38ClN5O3. The fourth-order valence-corrected chi connectivity index (χ4v) is 4.84. The monoisotopic (exact) mass is 563 g/mol. The van der Waals surface area contributed by atoms with E-state index in [0.29, 0.717) is 36.2 Å². The van der Waals surface area contributed by atoms with Gasteiger partial charge in [0, 0.05) is 30.2 Å². The van der Waals surface area contributed by atoms with Crippen LogP contribution in [0.15, 0.2) is 42.5 Å². The van der Waals surface area contributed by atoms with Gasteiger partial charge in [-0.2, -0.15) is 4.98 Å². The van der Waals surface area contributed by atoms with Crippen LogP contribution >= 0.6 is 11.6 Å². The van der Waals surface area contributed by atoms with Gasteiger partial charge in [0.25, 0.3) is 0 Å². The maximum absolute atomic E-state index is 6.27. The molecule has 0 spiro atoms. The van der Waals surface area contributed by atoms with Crippen molar-refractivity contribution in [2.75, 3.05) is 51.2 Å². The first-order chi connectivity index (χ1) is 19.4. The SMILES string of the molecule is CCCN(CCC)c1nc(NCCc2cc(OC)c(OC)c(OC)c2)nc2ccc(-c3ccc(Cl)c(C)c3)nc12. The molecule has 0 saturated carbocycles. The molecule has 2 heterocycles. The predicted molar refractivity (Wildman–Crippen MR) is 164 cm³/mol. The van der Waals surface area contributed by atoms with E-state index in [9.17, 15) is 0 Å². The Balaban J connectivity index is 1.66. The van der Waals surface area contributed by atoms with Crippen LogP contribution in [-0.2, 0) is 6.42 Å². The highest BCUT2D eigenvalue weighted by atomic mass is 35.5. The van der Waals surface area contributed by atoms with Crippen LogP contribution in [0.1, 0.15) is 37.8 Å². The Hall–Kier alpha value is -3.78. The molecule has 4 rings (SSSR count). The Morgan fingerprint density at radius 2 is 1.55 bits per heavy atom. The van der Waals surface area contributed by atoms with E-state index in [1.54, 1.807) is 21.3 Å². The topological polar surface area (TPSA) is 81.6 Å². The second kappa shape index (κ2) is 13.5. The number of anilines is 2. The summed E-state index contributed by atoms with van der Waals surface area (Å²) in [5.74, 6) is 3.26. The Bertz CT molecular complexity index is 1430. The number of ether oxygens (including phenoxy) is 3. The van der Waals surface area contributed by atoms with Crippen LogP contribution in [0.25, 0.3) is 22.3 Å². The molecule has 8 nitrogen and oxygen atoms in total. The molecule has 0 aliphatic heterocycles. The van der Waals surface area contributed by atoms with Crippen LogP contribution in [0.4, 0.5) is 11.8 Å². The van der Waals surface area contributed by atoms with Crippen LogP contribution in [0.3, 0.4) is 0 Å². The minimum absolute atomic E-state index is 0.573. The van der Waals surface area contributed by atoms with Gasteiger partial charge in [-0.15, -0.1) is 0 Å². The first-order valence-corrected chi connectivity index (χ1v) is 14.0. The van der Waals surface area contributed by atoms with E-state index in [0.717, 1.165) is 70.2 Å². The quantitative estimate of drug-likeness (QED) is 0.187. The van der Waals surface area contributed by atoms with Crippen LogP contribution in [0.5, 0.6) is 17.2 Å². The van der Waals surface area contributed by atoms with E-state index in [4.69, 9.17) is 40.8 Å². The van der Waals surface area contributed by atoms with Gasteiger partial charge in [0.05, 0.1) is 32.5 Å². The lowest BCUT2D eigenvalue weighted by molar-refractivity contribution is 0.324. The summed E-state index contributed by atoms with van der Waals surface area (Å²) < 4.78 is 16.5. The van der Waals surface area contributed by atoms with Crippen molar-refractivity contribution in [3.8, 4) is 28.5 Å². The van der Waals surface area contributed by atoms with Crippen LogP contribution in [0, 0.1) is 6.92 Å². The molecule has 0 aliphatic rings. The van der Waals surface area contributed by atoms with Crippen LogP contribution < -0.4 is 24.4 Å². The second-order valence-corrected chi connectivity index (χ2v) is 10.0. The molecule has 0 saturated heterocycles. The molecular weight excluding hydrogens is 526 g/mol. The fourth-order valence-electron chi connectivity index (χ4n) is 4.73. The minimum atomic E-state index is 0.573. The molecule has 2 aromatic heterocycles. The molecule has 1 N–H and O–H groups in total. The predicted octanol–water partition coefficient (Wildman–Crippen LogP) is 6.96. The smallest absolute Gasteiger partial charge is 0.225 e. The Kier molecular flexibility index (Phi) is 9.88. The molecule has 4 aromatic rings. The number of aromatic nitrogens is 3. The molecule has 0 atom stereocenters. The number of pyridine rings is 1. The Morgan fingerprint density at radius 1 is 0.850 bits per heavy atom. The molecule has 0 amide bonds. The third-order valence-corrected chi connectivity index (χ3v) is 7.11. The summed E-state index contributed by atoms with van der Waals surface area (Å²) in [5.41, 5.74) is 5.54. The number of rotatable bonds is 13. The van der Waals surface area contributed by atoms with E-state index in [1.165, 1.54) is 0 Å². The highest BCUT2D eigenvalue weighted by molar-refractivity contribution is 6.31. The summed E-state index contributed by atoms with van der Waals surface area (Å²) in [6, 6.07) is 13.9. The van der Waals surface area contributed by atoms with Gasteiger partial charge in [0.2, 0.25) is 11.7 Å². The summed E-state index contributed by atoms with van der Waals surface area (Å²) in [4.78, 5) is 17.2. The number of aryl methyl sites for hydroxylation is 1. The van der Waals surface area contributed by atoms with Crippen molar-refractivity contribution in [2.45, 2.75) is 40.0 Å². The van der Waals surface area contributed by atoms with E-state index in [1.807, 2.05) is 43.3 Å². The highest BCUT2D eigenvalue weighted by Crippen LogP contribution is 2.38. The van der Waals surface area contributed by atoms with Crippen molar-refractivity contribution in [3.05, 3.63) is 58.6 Å². The molecule has 0 radical (unpaired) electrons. The van der Waals surface area contributed by atoms with Gasteiger partial charge in [0.1, 0.15) is 5.52 Å². The van der Waals surface area contributed by atoms with Crippen molar-refractivity contribution in [1.29, 1.82) is 0 Å². The van der Waals surface area contributed by atoms with Crippen LogP contribution in [-0.4, -0.2) is 55.9 Å². The average Bonchev–Trinajstić information content (AvgIpc) is 2.97. The molecule has 0 unspecified atom stereocenters. The summed E-state index contributed by atoms with van der Waals surface area (Å²) in [6.45, 7) is 8.76. The maximum atomic E-state index is 6.27. The number of methoxy groups -OCH3 is 3. The van der Waals surface area contributed by atoms with E-state index in [2.05, 4.69) is 30.1 Å². The number of halogens is 1. The average molecular weight is 564 g/mol. The lowest BCUT2D eigenvalue weighted by Crippen LogP contribution is -2.27. The summed E-state index contributed by atoms with van der Waals surface area (Å²) in [5, 5.41) is 4.17. The Labute approximate surface area is 241 Å². The zero-order valence-corrected chi connectivity index (χ0v) is 24.9. The lowest BCUT2D eigenvalue weighted by Gasteiger charge is -2.24. The number of nitrogens with zero attached hydrogens (tertiary/aromatic N) is 4. The van der Waals surface area contributed by atoms with Gasteiger partial charge in [-0.05, 0) is 73.7 Å². The van der Waals surface area contributed by atoms with Gasteiger partial charge in [-0.3, -0.25) is 0 Å². The molecule has 212 valence electrons. The van der Waals surface area contributed by atoms with Crippen molar-refractivity contribution in [2.24, 2.45) is 0 Å². The Morgan fingerprint density at radius 3 is 2.15 bits per heavy atom. The largest absolute Gasteiger partial charge is 0.493 e. The first-order valence-electron chi connectivity index (χ1n) is 13.6. The minimum Gasteiger partial charge on any atom is -0.493 e. The molecule has 40 heavy (non-hydrogen) atoms. The first kappa shape index (κ1) is 29.2. The molecule has 0 aliphatic carbocycles. The van der Waals surface area contributed by atoms with Crippen LogP contribution in [0.2, 0.25) is 5.02 Å².